The zero-order valence-corrected chi connectivity index (χ0v) is 10.6. The van der Waals surface area contributed by atoms with Gasteiger partial charge in [-0.25, -0.2) is 0 Å². The van der Waals surface area contributed by atoms with Crippen LogP contribution in [0.4, 0.5) is 0 Å². The van der Waals surface area contributed by atoms with Crippen molar-refractivity contribution in [2.24, 2.45) is 5.73 Å². The van der Waals surface area contributed by atoms with Gasteiger partial charge in [0.25, 0.3) is 0 Å². The first-order valence-corrected chi connectivity index (χ1v) is 7.15. The van der Waals surface area contributed by atoms with Crippen molar-refractivity contribution in [1.29, 1.82) is 0 Å². The fourth-order valence-corrected chi connectivity index (χ4v) is 3.31. The minimum absolute atomic E-state index is 0.352. The molecule has 0 amide bonds. The van der Waals surface area contributed by atoms with Gasteiger partial charge >= 0.3 is 0 Å². The second-order valence-electron chi connectivity index (χ2n) is 5.94. The summed E-state index contributed by atoms with van der Waals surface area (Å²) in [4.78, 5) is 0. The molecule has 2 aliphatic carbocycles. The minimum atomic E-state index is 0.352. The van der Waals surface area contributed by atoms with Gasteiger partial charge in [0.05, 0.1) is 0 Å². The molecule has 2 saturated carbocycles. The Labute approximate surface area is 104 Å². The normalized spacial score (nSPS) is 23.6. The summed E-state index contributed by atoms with van der Waals surface area (Å²) >= 11 is 0. The highest BCUT2D eigenvalue weighted by Crippen LogP contribution is 2.47. The molecule has 2 aliphatic rings. The number of hydrogen-bond acceptors (Lipinski definition) is 1. The first-order valence-electron chi connectivity index (χ1n) is 7.15. The van der Waals surface area contributed by atoms with Crippen molar-refractivity contribution in [3.05, 3.63) is 35.4 Å². The molecule has 0 saturated heterocycles. The van der Waals surface area contributed by atoms with Gasteiger partial charge in [-0.1, -0.05) is 43.5 Å². The van der Waals surface area contributed by atoms with Crippen LogP contribution in [0.25, 0.3) is 0 Å². The van der Waals surface area contributed by atoms with Crippen LogP contribution in [-0.4, -0.2) is 6.54 Å². The van der Waals surface area contributed by atoms with Gasteiger partial charge in [-0.3, -0.25) is 0 Å². The van der Waals surface area contributed by atoms with E-state index in [1.807, 2.05) is 0 Å². The van der Waals surface area contributed by atoms with E-state index in [1.165, 1.54) is 50.5 Å². The molecule has 92 valence electrons. The molecule has 1 heteroatoms. The highest BCUT2D eigenvalue weighted by atomic mass is 14.7. The molecule has 0 spiro atoms. The van der Waals surface area contributed by atoms with Crippen LogP contribution in [0.2, 0.25) is 0 Å². The van der Waals surface area contributed by atoms with E-state index >= 15 is 0 Å². The molecule has 0 aromatic heterocycles. The summed E-state index contributed by atoms with van der Waals surface area (Å²) in [5.41, 5.74) is 9.26. The molecule has 1 aromatic carbocycles. The highest BCUT2D eigenvalue weighted by molar-refractivity contribution is 5.35. The van der Waals surface area contributed by atoms with Gasteiger partial charge in [0.2, 0.25) is 0 Å². The van der Waals surface area contributed by atoms with Crippen LogP contribution in [0.1, 0.15) is 62.0 Å². The van der Waals surface area contributed by atoms with E-state index in [9.17, 15) is 0 Å². The van der Waals surface area contributed by atoms with Gasteiger partial charge in [-0.05, 0) is 42.7 Å². The SMILES string of the molecule is NCC1(c2ccc(C3CCCCC3)cc2)CC1. The zero-order chi connectivity index (χ0) is 11.7. The summed E-state index contributed by atoms with van der Waals surface area (Å²) in [7, 11) is 0. The lowest BCUT2D eigenvalue weighted by molar-refractivity contribution is 0.443. The number of rotatable bonds is 3. The number of benzene rings is 1. The van der Waals surface area contributed by atoms with Gasteiger partial charge in [0.15, 0.2) is 0 Å². The third-order valence-electron chi connectivity index (χ3n) is 4.84. The summed E-state index contributed by atoms with van der Waals surface area (Å²) < 4.78 is 0. The predicted octanol–water partition coefficient (Wildman–Crippen LogP) is 3.72. The smallest absolute Gasteiger partial charge is 0.00762 e. The van der Waals surface area contributed by atoms with Crippen LogP contribution in [0, 0.1) is 0 Å². The summed E-state index contributed by atoms with van der Waals surface area (Å²) in [6.45, 7) is 0.815. The average Bonchev–Trinajstić information content (AvgIpc) is 3.21. The van der Waals surface area contributed by atoms with Gasteiger partial charge in [-0.15, -0.1) is 0 Å². The third-order valence-corrected chi connectivity index (χ3v) is 4.84. The maximum atomic E-state index is 5.88. The van der Waals surface area contributed by atoms with E-state index in [0.29, 0.717) is 5.41 Å². The molecule has 0 radical (unpaired) electrons. The maximum Gasteiger partial charge on any atom is 0.00762 e. The molecule has 0 aliphatic heterocycles. The molecule has 1 aromatic rings. The Morgan fingerprint density at radius 3 is 2.18 bits per heavy atom. The molecule has 0 bridgehead atoms. The topological polar surface area (TPSA) is 26.0 Å². The van der Waals surface area contributed by atoms with Crippen molar-refractivity contribution in [3.63, 3.8) is 0 Å². The van der Waals surface area contributed by atoms with Crippen LogP contribution >= 0.6 is 0 Å². The third kappa shape index (κ3) is 2.13. The van der Waals surface area contributed by atoms with Crippen LogP contribution in [0.5, 0.6) is 0 Å². The predicted molar refractivity (Wildman–Crippen MR) is 72.2 cm³/mol. The second kappa shape index (κ2) is 4.45. The van der Waals surface area contributed by atoms with Crippen molar-refractivity contribution in [2.45, 2.75) is 56.3 Å². The largest absolute Gasteiger partial charge is 0.330 e. The Kier molecular flexibility index (Phi) is 2.96. The van der Waals surface area contributed by atoms with E-state index in [0.717, 1.165) is 12.5 Å². The number of hydrogen-bond donors (Lipinski definition) is 1. The van der Waals surface area contributed by atoms with Crippen molar-refractivity contribution < 1.29 is 0 Å². The lowest BCUT2D eigenvalue weighted by atomic mass is 9.83. The molecule has 0 heterocycles. The first kappa shape index (κ1) is 11.3. The van der Waals surface area contributed by atoms with Gasteiger partial charge in [0, 0.05) is 12.0 Å². The summed E-state index contributed by atoms with van der Waals surface area (Å²) in [5, 5.41) is 0. The monoisotopic (exact) mass is 229 g/mol. The van der Waals surface area contributed by atoms with Crippen molar-refractivity contribution in [2.75, 3.05) is 6.54 Å². The highest BCUT2D eigenvalue weighted by Gasteiger charge is 2.42. The lowest BCUT2D eigenvalue weighted by Crippen LogP contribution is -2.19. The minimum Gasteiger partial charge on any atom is -0.330 e. The van der Waals surface area contributed by atoms with Crippen molar-refractivity contribution >= 4 is 0 Å². The van der Waals surface area contributed by atoms with Crippen LogP contribution in [0.15, 0.2) is 24.3 Å². The second-order valence-corrected chi connectivity index (χ2v) is 5.94. The van der Waals surface area contributed by atoms with Gasteiger partial charge in [0.1, 0.15) is 0 Å². The molecule has 1 nitrogen and oxygen atoms in total. The van der Waals surface area contributed by atoms with Crippen LogP contribution in [0.3, 0.4) is 0 Å². The van der Waals surface area contributed by atoms with Crippen molar-refractivity contribution in [1.82, 2.24) is 0 Å². The van der Waals surface area contributed by atoms with Crippen LogP contribution < -0.4 is 5.73 Å². The summed E-state index contributed by atoms with van der Waals surface area (Å²) in [6, 6.07) is 9.40. The first-order chi connectivity index (χ1) is 8.34. The number of nitrogens with two attached hydrogens (primary N) is 1. The molecule has 2 N–H and O–H groups in total. The van der Waals surface area contributed by atoms with Crippen LogP contribution in [-0.2, 0) is 5.41 Å². The quantitative estimate of drug-likeness (QED) is 0.839. The zero-order valence-electron chi connectivity index (χ0n) is 10.6. The van der Waals surface area contributed by atoms with E-state index in [4.69, 9.17) is 5.73 Å². The molecule has 0 atom stereocenters. The van der Waals surface area contributed by atoms with Gasteiger partial charge < -0.3 is 5.73 Å². The Bertz CT molecular complexity index is 369. The summed E-state index contributed by atoms with van der Waals surface area (Å²) in [5.74, 6) is 0.825. The standard InChI is InChI=1S/C16H23N/c17-12-16(10-11-16)15-8-6-14(7-9-15)13-4-2-1-3-5-13/h6-9,13H,1-5,10-12,17H2. The lowest BCUT2D eigenvalue weighted by Gasteiger charge is -2.22. The molecule has 3 rings (SSSR count). The molecular formula is C16H23N. The molecular weight excluding hydrogens is 206 g/mol. The fourth-order valence-electron chi connectivity index (χ4n) is 3.31. The summed E-state index contributed by atoms with van der Waals surface area (Å²) in [6.07, 6.45) is 9.62. The van der Waals surface area contributed by atoms with E-state index in [-0.39, 0.29) is 0 Å². The average molecular weight is 229 g/mol. The molecule has 0 unspecified atom stereocenters. The van der Waals surface area contributed by atoms with E-state index in [1.54, 1.807) is 5.56 Å². The Hall–Kier alpha value is -0.820. The van der Waals surface area contributed by atoms with Gasteiger partial charge in [-0.2, -0.15) is 0 Å². The molecule has 17 heavy (non-hydrogen) atoms. The van der Waals surface area contributed by atoms with E-state index < -0.39 is 0 Å². The van der Waals surface area contributed by atoms with Crippen molar-refractivity contribution in [3.8, 4) is 0 Å². The Balaban J connectivity index is 1.75. The fraction of sp³-hybridized carbons (Fsp3) is 0.625. The Morgan fingerprint density at radius 2 is 1.65 bits per heavy atom. The maximum absolute atomic E-state index is 5.88. The van der Waals surface area contributed by atoms with E-state index in [2.05, 4.69) is 24.3 Å². The molecule has 2 fully saturated rings. The Morgan fingerprint density at radius 1 is 1.00 bits per heavy atom.